The molecular weight excluding hydrogens is 560 g/mol. The lowest BCUT2D eigenvalue weighted by Crippen LogP contribution is -2.57. The van der Waals surface area contributed by atoms with E-state index < -0.39 is 17.3 Å². The molecule has 3 heterocycles. The molecule has 0 saturated carbocycles. The average molecular weight is 574 g/mol. The number of ether oxygens (including phenoxy) is 1. The number of hydrogen-bond acceptors (Lipinski definition) is 5. The largest absolute Gasteiger partial charge is 0.487 e. The van der Waals surface area contributed by atoms with Crippen LogP contribution in [0.4, 0.5) is 14.6 Å². The van der Waals surface area contributed by atoms with Crippen LogP contribution in [0.2, 0.25) is 0 Å². The lowest BCUT2D eigenvalue weighted by molar-refractivity contribution is 0.230. The molecular formula is C15H14F2I2N4O2. The minimum atomic E-state index is -0.756. The van der Waals surface area contributed by atoms with Crippen molar-refractivity contribution in [1.29, 1.82) is 0 Å². The van der Waals surface area contributed by atoms with Crippen LogP contribution in [0.15, 0.2) is 4.79 Å². The van der Waals surface area contributed by atoms with Crippen molar-refractivity contribution >= 4 is 62.4 Å². The Morgan fingerprint density at radius 1 is 1.24 bits per heavy atom. The van der Waals surface area contributed by atoms with Gasteiger partial charge in [0.25, 0.3) is 0 Å². The molecule has 0 bridgehead atoms. The summed E-state index contributed by atoms with van der Waals surface area (Å²) in [7, 11) is 0. The van der Waals surface area contributed by atoms with Crippen LogP contribution in [-0.2, 0) is 0 Å². The summed E-state index contributed by atoms with van der Waals surface area (Å²) in [4.78, 5) is 18.5. The van der Waals surface area contributed by atoms with Crippen molar-refractivity contribution in [3.63, 3.8) is 0 Å². The normalized spacial score (nSPS) is 23.4. The highest BCUT2D eigenvalue weighted by molar-refractivity contribution is 14.1. The van der Waals surface area contributed by atoms with E-state index >= 15 is 0 Å². The van der Waals surface area contributed by atoms with Gasteiger partial charge in [0.15, 0.2) is 17.4 Å². The lowest BCUT2D eigenvalue weighted by Gasteiger charge is -2.43. The highest BCUT2D eigenvalue weighted by atomic mass is 127. The average Bonchev–Trinajstić information content (AvgIpc) is 2.70. The highest BCUT2D eigenvalue weighted by Crippen LogP contribution is 2.42. The molecule has 6 nitrogen and oxygen atoms in total. The Bertz CT molecular complexity index is 952. The van der Waals surface area contributed by atoms with Crippen LogP contribution in [0.25, 0.3) is 10.9 Å². The summed E-state index contributed by atoms with van der Waals surface area (Å²) < 4.78 is 38.6. The Kier molecular flexibility index (Phi) is 4.34. The fraction of sp³-hybridized carbons (Fsp3) is 0.467. The van der Waals surface area contributed by atoms with E-state index in [0.717, 1.165) is 9.33 Å². The number of benzene rings is 1. The third-order valence-corrected chi connectivity index (χ3v) is 6.41. The molecule has 1 aromatic heterocycles. The van der Waals surface area contributed by atoms with Crippen molar-refractivity contribution in [2.24, 2.45) is 0 Å². The summed E-state index contributed by atoms with van der Waals surface area (Å²) in [5, 5.41) is 0.228. The zero-order chi connectivity index (χ0) is 18.0. The molecule has 2 aromatic rings. The minimum absolute atomic E-state index is 0.0225. The van der Waals surface area contributed by atoms with E-state index in [-0.39, 0.29) is 40.9 Å². The standard InChI is InChI=1S/C15H14F2I2N4O2/c1-6-3-21(18)4-8-5-25-13-9-12(10(16)7(2)11(13)17)23(19)15(24)20-14(9)22(6)8/h6,8H,3-5H2,1-2H3. The monoisotopic (exact) mass is 574 g/mol. The molecule has 25 heavy (non-hydrogen) atoms. The maximum Gasteiger partial charge on any atom is 0.359 e. The first-order valence-corrected chi connectivity index (χ1v) is 9.66. The Labute approximate surface area is 170 Å². The molecule has 1 aromatic carbocycles. The predicted octanol–water partition coefficient (Wildman–Crippen LogP) is 2.80. The Morgan fingerprint density at radius 3 is 2.68 bits per heavy atom. The van der Waals surface area contributed by atoms with E-state index in [1.807, 2.05) is 11.8 Å². The number of rotatable bonds is 0. The predicted molar refractivity (Wildman–Crippen MR) is 107 cm³/mol. The number of nitrogens with zero attached hydrogens (tertiary/aromatic N) is 4. The Hall–Kier alpha value is -0.760. The van der Waals surface area contributed by atoms with Gasteiger partial charge in [0, 0.05) is 47.6 Å². The van der Waals surface area contributed by atoms with Gasteiger partial charge >= 0.3 is 5.69 Å². The second kappa shape index (κ2) is 6.15. The van der Waals surface area contributed by atoms with Crippen LogP contribution >= 0.6 is 45.7 Å². The first-order chi connectivity index (χ1) is 11.8. The molecule has 10 heteroatoms. The third-order valence-electron chi connectivity index (χ3n) is 4.72. The molecule has 2 aliphatic rings. The number of piperazine rings is 1. The first-order valence-electron chi connectivity index (χ1n) is 7.73. The molecule has 1 fully saturated rings. The maximum atomic E-state index is 14.8. The summed E-state index contributed by atoms with van der Waals surface area (Å²) in [5.41, 5.74) is -0.717. The van der Waals surface area contributed by atoms with Gasteiger partial charge in [0.2, 0.25) is 0 Å². The highest BCUT2D eigenvalue weighted by Gasteiger charge is 2.39. The van der Waals surface area contributed by atoms with Crippen molar-refractivity contribution in [2.75, 3.05) is 24.6 Å². The van der Waals surface area contributed by atoms with Crippen LogP contribution < -0.4 is 15.3 Å². The van der Waals surface area contributed by atoms with Crippen LogP contribution in [0, 0.1) is 18.6 Å². The lowest BCUT2D eigenvalue weighted by atomic mass is 10.1. The number of halogens is 4. The van der Waals surface area contributed by atoms with E-state index in [2.05, 4.69) is 31.0 Å². The molecule has 0 spiro atoms. The fourth-order valence-corrected chi connectivity index (χ4v) is 5.18. The summed E-state index contributed by atoms with van der Waals surface area (Å²) >= 11 is 3.93. The smallest absolute Gasteiger partial charge is 0.359 e. The van der Waals surface area contributed by atoms with E-state index in [0.29, 0.717) is 12.4 Å². The summed E-state index contributed by atoms with van der Waals surface area (Å²) in [6.07, 6.45) is 0. The quantitative estimate of drug-likeness (QED) is 0.358. The van der Waals surface area contributed by atoms with Crippen molar-refractivity contribution in [3.8, 4) is 5.75 Å². The Morgan fingerprint density at radius 2 is 1.96 bits per heavy atom. The van der Waals surface area contributed by atoms with Crippen LogP contribution in [0.1, 0.15) is 12.5 Å². The molecule has 0 amide bonds. The van der Waals surface area contributed by atoms with Gasteiger partial charge in [-0.1, -0.05) is 0 Å². The molecule has 2 aliphatic heterocycles. The van der Waals surface area contributed by atoms with E-state index in [4.69, 9.17) is 4.74 Å². The maximum absolute atomic E-state index is 14.8. The number of aromatic nitrogens is 2. The zero-order valence-corrected chi connectivity index (χ0v) is 17.7. The Balaban J connectivity index is 2.13. The van der Waals surface area contributed by atoms with Gasteiger partial charge in [-0.25, -0.2) is 19.5 Å². The molecule has 2 unspecified atom stereocenters. The first kappa shape index (κ1) is 17.6. The van der Waals surface area contributed by atoms with E-state index in [1.165, 1.54) is 6.92 Å². The van der Waals surface area contributed by atoms with Gasteiger partial charge in [-0.2, -0.15) is 4.98 Å². The van der Waals surface area contributed by atoms with Crippen LogP contribution in [-0.4, -0.2) is 42.7 Å². The van der Waals surface area contributed by atoms with Crippen molar-refractivity contribution in [2.45, 2.75) is 25.9 Å². The number of anilines is 1. The second-order valence-corrected chi connectivity index (χ2v) is 8.68. The van der Waals surface area contributed by atoms with Gasteiger partial charge < -0.3 is 9.64 Å². The molecule has 134 valence electrons. The zero-order valence-electron chi connectivity index (χ0n) is 13.4. The van der Waals surface area contributed by atoms with Crippen molar-refractivity contribution in [3.05, 3.63) is 27.7 Å². The van der Waals surface area contributed by atoms with Gasteiger partial charge in [-0.05, 0) is 13.8 Å². The van der Waals surface area contributed by atoms with Gasteiger partial charge in [-0.15, -0.1) is 0 Å². The van der Waals surface area contributed by atoms with Gasteiger partial charge in [0.1, 0.15) is 17.9 Å². The summed E-state index contributed by atoms with van der Waals surface area (Å²) in [5.74, 6) is -1.21. The topological polar surface area (TPSA) is 50.6 Å². The molecule has 0 radical (unpaired) electrons. The third kappa shape index (κ3) is 2.54. The van der Waals surface area contributed by atoms with E-state index in [9.17, 15) is 13.6 Å². The van der Waals surface area contributed by atoms with Crippen LogP contribution in [0.3, 0.4) is 0 Å². The number of fused-ring (bicyclic) bond motifs is 2. The summed E-state index contributed by atoms with van der Waals surface area (Å²) in [6.45, 7) is 5.02. The molecule has 4 rings (SSSR count). The fourth-order valence-electron chi connectivity index (χ4n) is 3.59. The molecule has 0 aliphatic carbocycles. The summed E-state index contributed by atoms with van der Waals surface area (Å²) in [6, 6.07) is -0.0752. The molecule has 0 N–H and O–H groups in total. The number of hydrogen-bond donors (Lipinski definition) is 0. The second-order valence-electron chi connectivity index (χ2n) is 6.35. The van der Waals surface area contributed by atoms with E-state index in [1.54, 1.807) is 22.9 Å². The molecule has 1 saturated heterocycles. The van der Waals surface area contributed by atoms with Crippen molar-refractivity contribution in [1.82, 2.24) is 10.9 Å². The SMILES string of the molecule is Cc1c(F)c2c3c(nc(=O)n(I)c3c1F)N1C(C)CN(I)CC1CO2. The minimum Gasteiger partial charge on any atom is -0.487 e. The van der Waals surface area contributed by atoms with Gasteiger partial charge in [0.05, 0.1) is 34.3 Å². The molecule has 2 atom stereocenters. The van der Waals surface area contributed by atoms with Crippen molar-refractivity contribution < 1.29 is 13.5 Å². The van der Waals surface area contributed by atoms with Gasteiger partial charge in [-0.3, -0.25) is 0 Å². The van der Waals surface area contributed by atoms with Crippen LogP contribution in [0.5, 0.6) is 5.75 Å².